The van der Waals surface area contributed by atoms with E-state index in [1.54, 1.807) is 69.3 Å². The van der Waals surface area contributed by atoms with Gasteiger partial charge in [-0.25, -0.2) is 9.59 Å². The molecule has 15 nitrogen and oxygen atoms in total. The molecule has 0 radical (unpaired) electrons. The predicted octanol–water partition coefficient (Wildman–Crippen LogP) is 2.77. The number of nitrogens with one attached hydrogen (secondary N) is 1. The third kappa shape index (κ3) is 6.95. The summed E-state index contributed by atoms with van der Waals surface area (Å²) in [6.45, 7) is 8.05. The molecule has 15 heteroatoms. The quantitative estimate of drug-likeness (QED) is 0.154. The molecule has 4 aliphatic carbocycles. The number of ether oxygens (including phenoxy) is 5. The van der Waals surface area contributed by atoms with Crippen molar-refractivity contribution in [3.63, 3.8) is 0 Å². The third-order valence-electron chi connectivity index (χ3n) is 13.5. The molecule has 0 unspecified atom stereocenters. The molecule has 2 aromatic rings. The Hall–Kier alpha value is -4.96. The van der Waals surface area contributed by atoms with Gasteiger partial charge in [0, 0.05) is 37.7 Å². The van der Waals surface area contributed by atoms with Crippen LogP contribution in [-0.2, 0) is 42.9 Å². The van der Waals surface area contributed by atoms with Crippen LogP contribution in [0, 0.1) is 22.7 Å². The molecule has 1 amide bonds. The largest absolute Gasteiger partial charge is 0.456 e. The van der Waals surface area contributed by atoms with Crippen LogP contribution in [-0.4, -0.2) is 111 Å². The Labute approximate surface area is 341 Å². The van der Waals surface area contributed by atoms with E-state index < -0.39 is 113 Å². The first kappa shape index (κ1) is 42.2. The SMILES string of the molecule is CC(=O)O[C@H]1C(=O)[C@@]2(C)[C@H]([C@H](OC(=O)c3ccccc3)[C@]3(O)C[C@H](OC(=O)[C@H](O)[C@@H](NC(=O)c4ccccc4)C4CC4)C(C)=C1C3(C)C)[C@]1(OC(C)=O)CO[C@@H]1C[C@@H]2O. The van der Waals surface area contributed by atoms with E-state index in [0.717, 1.165) is 13.8 Å². The van der Waals surface area contributed by atoms with Crippen molar-refractivity contribution in [2.24, 2.45) is 22.7 Å². The molecule has 7 rings (SSSR count). The average molecular weight is 818 g/mol. The standard InChI is InChI=1S/C44H51NO14/c1-22-28(57-40(53)33(49)32(25-17-18-25)45-38(51)26-13-9-7-10-14-26)20-44(54)37(58-39(52)27-15-11-8-12-16-27)35-42(6,29(48)19-30-43(35,21-55-30)59-24(3)47)36(50)34(56-23(2)46)31(22)41(44,4)5/h7-16,25,28-30,32-35,37,48-49,54H,17-21H2,1-6H3,(H,45,51)/t28-,29-,30+,32-,33+,34+,35-,37-,42+,43-,44+/m0/s1. The van der Waals surface area contributed by atoms with Crippen LogP contribution in [0.4, 0.5) is 0 Å². The van der Waals surface area contributed by atoms with Crippen LogP contribution in [0.2, 0.25) is 0 Å². The lowest BCUT2D eigenvalue weighted by Gasteiger charge is -2.67. The van der Waals surface area contributed by atoms with E-state index in [2.05, 4.69) is 5.32 Å². The Balaban J connectivity index is 1.37. The van der Waals surface area contributed by atoms with E-state index in [1.165, 1.54) is 19.1 Å². The number of esters is 4. The molecule has 5 aliphatic rings. The van der Waals surface area contributed by atoms with Gasteiger partial charge in [-0.1, -0.05) is 50.2 Å². The van der Waals surface area contributed by atoms with Gasteiger partial charge in [0.1, 0.15) is 23.9 Å². The van der Waals surface area contributed by atoms with Crippen molar-refractivity contribution in [2.75, 3.05) is 6.61 Å². The van der Waals surface area contributed by atoms with E-state index in [-0.39, 0.29) is 35.7 Å². The molecule has 0 spiro atoms. The molecule has 316 valence electrons. The molecule has 1 heterocycles. The van der Waals surface area contributed by atoms with E-state index in [4.69, 9.17) is 23.7 Å². The fourth-order valence-corrected chi connectivity index (χ4v) is 10.1. The number of benzene rings is 2. The summed E-state index contributed by atoms with van der Waals surface area (Å²) in [5, 5.41) is 39.9. The van der Waals surface area contributed by atoms with Gasteiger partial charge in [-0.2, -0.15) is 0 Å². The van der Waals surface area contributed by atoms with E-state index in [9.17, 15) is 39.3 Å². The van der Waals surface area contributed by atoms with Crippen molar-refractivity contribution in [1.82, 2.24) is 5.32 Å². The van der Waals surface area contributed by atoms with Crippen molar-refractivity contribution in [3.8, 4) is 0 Å². The van der Waals surface area contributed by atoms with Gasteiger partial charge in [0.05, 0.1) is 35.6 Å². The van der Waals surface area contributed by atoms with Crippen LogP contribution < -0.4 is 5.32 Å². The van der Waals surface area contributed by atoms with E-state index in [0.29, 0.717) is 18.4 Å². The molecule has 4 N–H and O–H groups in total. The van der Waals surface area contributed by atoms with Gasteiger partial charge in [0.2, 0.25) is 0 Å². The van der Waals surface area contributed by atoms with Crippen molar-refractivity contribution < 1.29 is 67.8 Å². The molecular formula is C44H51NO14. The Bertz CT molecular complexity index is 2060. The molecule has 4 fully saturated rings. The number of Topliss-reactive ketones (excluding diaryl/α,β-unsaturated/α-hetero) is 1. The fraction of sp³-hybridized carbons (Fsp3) is 0.545. The van der Waals surface area contributed by atoms with Crippen LogP contribution in [0.1, 0.15) is 87.9 Å². The van der Waals surface area contributed by atoms with Crippen LogP contribution in [0.5, 0.6) is 0 Å². The van der Waals surface area contributed by atoms with Gasteiger partial charge in [-0.05, 0) is 68.0 Å². The number of carbonyl (C=O) groups is 6. The number of aliphatic hydroxyl groups is 3. The zero-order valence-electron chi connectivity index (χ0n) is 33.8. The van der Waals surface area contributed by atoms with Gasteiger partial charge in [0.25, 0.3) is 5.91 Å². The van der Waals surface area contributed by atoms with Crippen LogP contribution in [0.25, 0.3) is 0 Å². The zero-order valence-corrected chi connectivity index (χ0v) is 33.8. The molecule has 1 aliphatic heterocycles. The van der Waals surface area contributed by atoms with Crippen LogP contribution >= 0.6 is 0 Å². The Morgan fingerprint density at radius 1 is 0.881 bits per heavy atom. The van der Waals surface area contributed by atoms with E-state index >= 15 is 4.79 Å². The van der Waals surface area contributed by atoms with Gasteiger partial charge < -0.3 is 44.3 Å². The highest BCUT2D eigenvalue weighted by Gasteiger charge is 2.78. The molecule has 1 saturated heterocycles. The Morgan fingerprint density at radius 2 is 1.49 bits per heavy atom. The minimum absolute atomic E-state index is 0.0241. The Kier molecular flexibility index (Phi) is 10.9. The number of ketones is 1. The second-order valence-corrected chi connectivity index (χ2v) is 17.3. The highest BCUT2D eigenvalue weighted by atomic mass is 16.6. The first-order valence-corrected chi connectivity index (χ1v) is 19.9. The topological polar surface area (TPSA) is 221 Å². The summed E-state index contributed by atoms with van der Waals surface area (Å²) in [5.41, 5.74) is -7.13. The number of fused-ring (bicyclic) bond motifs is 5. The molecule has 2 bridgehead atoms. The van der Waals surface area contributed by atoms with Crippen molar-refractivity contribution in [1.29, 1.82) is 0 Å². The second kappa shape index (κ2) is 15.3. The molecule has 2 aromatic carbocycles. The summed E-state index contributed by atoms with van der Waals surface area (Å²) in [7, 11) is 0. The number of rotatable bonds is 10. The smallest absolute Gasteiger partial charge is 0.338 e. The molecule has 3 saturated carbocycles. The number of aliphatic hydroxyl groups excluding tert-OH is 2. The average Bonchev–Trinajstić information content (AvgIpc) is 4.04. The van der Waals surface area contributed by atoms with E-state index in [1.807, 2.05) is 0 Å². The number of amides is 1. The van der Waals surface area contributed by atoms with Gasteiger partial charge in [0.15, 0.2) is 23.6 Å². The maximum absolute atomic E-state index is 15.4. The lowest BCUT2D eigenvalue weighted by atomic mass is 9.44. The monoisotopic (exact) mass is 817 g/mol. The van der Waals surface area contributed by atoms with Crippen molar-refractivity contribution in [2.45, 2.75) is 121 Å². The summed E-state index contributed by atoms with van der Waals surface area (Å²) >= 11 is 0. The van der Waals surface area contributed by atoms with Gasteiger partial charge in [-0.3, -0.25) is 19.2 Å². The number of hydrogen-bond acceptors (Lipinski definition) is 14. The maximum atomic E-state index is 15.4. The predicted molar refractivity (Wildman–Crippen MR) is 205 cm³/mol. The normalized spacial score (nSPS) is 34.2. The van der Waals surface area contributed by atoms with Crippen LogP contribution in [0.3, 0.4) is 0 Å². The van der Waals surface area contributed by atoms with Crippen molar-refractivity contribution in [3.05, 3.63) is 82.9 Å². The van der Waals surface area contributed by atoms with Crippen molar-refractivity contribution >= 4 is 35.6 Å². The number of carbonyl (C=O) groups excluding carboxylic acids is 6. The summed E-state index contributed by atoms with van der Waals surface area (Å²) in [4.78, 5) is 82.7. The molecular weight excluding hydrogens is 766 g/mol. The zero-order chi connectivity index (χ0) is 42.8. The lowest BCUT2D eigenvalue weighted by Crippen LogP contribution is -2.82. The molecule has 0 aromatic heterocycles. The summed E-state index contributed by atoms with van der Waals surface area (Å²) < 4.78 is 30.2. The highest BCUT2D eigenvalue weighted by Crippen LogP contribution is 2.64. The first-order valence-electron chi connectivity index (χ1n) is 19.9. The summed E-state index contributed by atoms with van der Waals surface area (Å²) in [5.74, 6) is -6.82. The minimum Gasteiger partial charge on any atom is -0.456 e. The van der Waals surface area contributed by atoms with Crippen LogP contribution in [0.15, 0.2) is 71.8 Å². The molecule has 59 heavy (non-hydrogen) atoms. The summed E-state index contributed by atoms with van der Waals surface area (Å²) in [6.07, 6.45) is -8.87. The first-order chi connectivity index (χ1) is 27.8. The van der Waals surface area contributed by atoms with Gasteiger partial charge >= 0.3 is 23.9 Å². The Morgan fingerprint density at radius 3 is 2.03 bits per heavy atom. The highest BCUT2D eigenvalue weighted by molar-refractivity contribution is 5.96. The maximum Gasteiger partial charge on any atom is 0.338 e. The minimum atomic E-state index is -2.35. The fourth-order valence-electron chi connectivity index (χ4n) is 10.1. The third-order valence-corrected chi connectivity index (χ3v) is 13.5. The number of hydrogen-bond donors (Lipinski definition) is 4. The lowest BCUT2D eigenvalue weighted by molar-refractivity contribution is -0.346. The summed E-state index contributed by atoms with van der Waals surface area (Å²) in [6, 6.07) is 15.1. The van der Waals surface area contributed by atoms with Gasteiger partial charge in [-0.15, -0.1) is 0 Å². The second-order valence-electron chi connectivity index (χ2n) is 17.3. The molecule has 11 atom stereocenters.